The largest absolute Gasteiger partial charge is 0.369 e. The molecule has 1 aliphatic rings. The lowest BCUT2D eigenvalue weighted by Gasteiger charge is -2.18. The lowest BCUT2D eigenvalue weighted by molar-refractivity contribution is 0.623. The molecular weight excluding hydrogens is 315 g/mol. The van der Waals surface area contributed by atoms with E-state index in [9.17, 15) is 4.39 Å². The summed E-state index contributed by atoms with van der Waals surface area (Å²) in [6.45, 7) is 1.91. The smallest absolute Gasteiger partial charge is 0.148 e. The van der Waals surface area contributed by atoms with Crippen molar-refractivity contribution >= 4 is 39.9 Å². The van der Waals surface area contributed by atoms with Crippen LogP contribution in [0.5, 0.6) is 0 Å². The molecular formula is C10H10ClFIN. The lowest BCUT2D eigenvalue weighted by Crippen LogP contribution is -2.19. The summed E-state index contributed by atoms with van der Waals surface area (Å²) in [6.07, 6.45) is 2.30. The van der Waals surface area contributed by atoms with Crippen molar-refractivity contribution in [3.05, 3.63) is 26.5 Å². The van der Waals surface area contributed by atoms with Gasteiger partial charge in [-0.1, -0.05) is 11.6 Å². The molecule has 1 aliphatic heterocycles. The molecule has 0 amide bonds. The lowest BCUT2D eigenvalue weighted by atomic mass is 10.3. The fourth-order valence-corrected chi connectivity index (χ4v) is 2.31. The van der Waals surface area contributed by atoms with Crippen molar-refractivity contribution in [3.63, 3.8) is 0 Å². The molecule has 0 N–H and O–H groups in total. The third-order valence-corrected chi connectivity index (χ3v) is 3.96. The van der Waals surface area contributed by atoms with Crippen LogP contribution in [0.2, 0.25) is 5.02 Å². The van der Waals surface area contributed by atoms with E-state index in [1.54, 1.807) is 0 Å². The number of halogens is 3. The van der Waals surface area contributed by atoms with Crippen LogP contribution < -0.4 is 4.90 Å². The summed E-state index contributed by atoms with van der Waals surface area (Å²) < 4.78 is 14.5. The number of rotatable bonds is 1. The SMILES string of the molecule is Fc1cc(Cl)c(I)cc1N1CCCC1. The van der Waals surface area contributed by atoms with Crippen LogP contribution in [0.25, 0.3) is 0 Å². The van der Waals surface area contributed by atoms with Crippen LogP contribution in [-0.4, -0.2) is 13.1 Å². The Morgan fingerprint density at radius 1 is 1.29 bits per heavy atom. The average molecular weight is 326 g/mol. The molecule has 1 aromatic rings. The molecule has 0 saturated carbocycles. The Balaban J connectivity index is 2.37. The summed E-state index contributed by atoms with van der Waals surface area (Å²) in [4.78, 5) is 2.08. The zero-order valence-corrected chi connectivity index (χ0v) is 10.5. The molecule has 14 heavy (non-hydrogen) atoms. The highest BCUT2D eigenvalue weighted by atomic mass is 127. The normalized spacial score (nSPS) is 16.4. The molecule has 4 heteroatoms. The predicted molar refractivity (Wildman–Crippen MR) is 65.6 cm³/mol. The van der Waals surface area contributed by atoms with E-state index >= 15 is 0 Å². The molecule has 1 nitrogen and oxygen atoms in total. The highest BCUT2D eigenvalue weighted by Crippen LogP contribution is 2.29. The fourth-order valence-electron chi connectivity index (χ4n) is 1.71. The van der Waals surface area contributed by atoms with Gasteiger partial charge in [0.1, 0.15) is 5.82 Å². The second-order valence-electron chi connectivity index (χ2n) is 3.41. The van der Waals surface area contributed by atoms with E-state index in [0.717, 1.165) is 29.5 Å². The number of benzene rings is 1. The van der Waals surface area contributed by atoms with E-state index in [0.29, 0.717) is 10.7 Å². The van der Waals surface area contributed by atoms with E-state index in [2.05, 4.69) is 27.5 Å². The maximum Gasteiger partial charge on any atom is 0.148 e. The first-order valence-electron chi connectivity index (χ1n) is 4.58. The van der Waals surface area contributed by atoms with Gasteiger partial charge >= 0.3 is 0 Å². The molecule has 2 rings (SSSR count). The molecule has 0 atom stereocenters. The summed E-state index contributed by atoms with van der Waals surface area (Å²) in [6, 6.07) is 3.22. The van der Waals surface area contributed by atoms with Crippen molar-refractivity contribution in [2.24, 2.45) is 0 Å². The van der Waals surface area contributed by atoms with Crippen LogP contribution in [0.1, 0.15) is 12.8 Å². The Hall–Kier alpha value is -0.0300. The summed E-state index contributed by atoms with van der Waals surface area (Å²) in [7, 11) is 0. The minimum Gasteiger partial charge on any atom is -0.369 e. The van der Waals surface area contributed by atoms with E-state index in [4.69, 9.17) is 11.6 Å². The monoisotopic (exact) mass is 325 g/mol. The molecule has 1 saturated heterocycles. The van der Waals surface area contributed by atoms with Crippen molar-refractivity contribution in [1.29, 1.82) is 0 Å². The van der Waals surface area contributed by atoms with E-state index in [1.807, 2.05) is 6.07 Å². The highest BCUT2D eigenvalue weighted by molar-refractivity contribution is 14.1. The Labute approximate surface area is 101 Å². The van der Waals surface area contributed by atoms with Gasteiger partial charge in [0.15, 0.2) is 0 Å². The maximum absolute atomic E-state index is 13.6. The standard InChI is InChI=1S/C10H10ClFIN/c11-7-5-8(12)10(6-9(7)13)14-3-1-2-4-14/h5-6H,1-4H2. The second-order valence-corrected chi connectivity index (χ2v) is 4.98. The average Bonchev–Trinajstić information content (AvgIpc) is 2.64. The van der Waals surface area contributed by atoms with Gasteiger partial charge in [0.25, 0.3) is 0 Å². The van der Waals surface area contributed by atoms with E-state index < -0.39 is 0 Å². The Morgan fingerprint density at radius 3 is 2.57 bits per heavy atom. The molecule has 0 aliphatic carbocycles. The van der Waals surface area contributed by atoms with Crippen molar-refractivity contribution in [2.75, 3.05) is 18.0 Å². The Morgan fingerprint density at radius 2 is 1.93 bits per heavy atom. The molecule has 1 fully saturated rings. The summed E-state index contributed by atoms with van der Waals surface area (Å²) in [5.41, 5.74) is 0.691. The Bertz CT molecular complexity index is 350. The van der Waals surface area contributed by atoms with Crippen molar-refractivity contribution < 1.29 is 4.39 Å². The number of nitrogens with zero attached hydrogens (tertiary/aromatic N) is 1. The van der Waals surface area contributed by atoms with Gasteiger partial charge in [0.2, 0.25) is 0 Å². The van der Waals surface area contributed by atoms with Crippen LogP contribution in [0, 0.1) is 9.39 Å². The van der Waals surface area contributed by atoms with Gasteiger partial charge < -0.3 is 4.90 Å². The predicted octanol–water partition coefficient (Wildman–Crippen LogP) is 3.68. The van der Waals surface area contributed by atoms with Crippen LogP contribution in [0.15, 0.2) is 12.1 Å². The summed E-state index contributed by atoms with van der Waals surface area (Å²) in [5.74, 6) is -0.211. The summed E-state index contributed by atoms with van der Waals surface area (Å²) >= 11 is 7.95. The molecule has 0 bridgehead atoms. The van der Waals surface area contributed by atoms with Crippen molar-refractivity contribution in [2.45, 2.75) is 12.8 Å². The number of anilines is 1. The molecule has 0 spiro atoms. The van der Waals surface area contributed by atoms with Gasteiger partial charge in [-0.3, -0.25) is 0 Å². The zero-order valence-electron chi connectivity index (χ0n) is 7.56. The van der Waals surface area contributed by atoms with Gasteiger partial charge in [0, 0.05) is 16.7 Å². The topological polar surface area (TPSA) is 3.24 Å². The van der Waals surface area contributed by atoms with Gasteiger partial charge in [-0.2, -0.15) is 0 Å². The highest BCUT2D eigenvalue weighted by Gasteiger charge is 2.17. The third kappa shape index (κ3) is 1.98. The summed E-state index contributed by atoms with van der Waals surface area (Å²) in [5, 5.41) is 0.492. The van der Waals surface area contributed by atoms with Crippen LogP contribution in [0.3, 0.4) is 0 Å². The molecule has 1 heterocycles. The van der Waals surface area contributed by atoms with Crippen molar-refractivity contribution in [3.8, 4) is 0 Å². The molecule has 0 radical (unpaired) electrons. The van der Waals surface area contributed by atoms with Crippen LogP contribution in [-0.2, 0) is 0 Å². The molecule has 76 valence electrons. The first kappa shape index (κ1) is 10.5. The van der Waals surface area contributed by atoms with Crippen LogP contribution in [0.4, 0.5) is 10.1 Å². The maximum atomic E-state index is 13.6. The van der Waals surface area contributed by atoms with Crippen LogP contribution >= 0.6 is 34.2 Å². The van der Waals surface area contributed by atoms with Crippen molar-refractivity contribution in [1.82, 2.24) is 0 Å². The number of hydrogen-bond donors (Lipinski definition) is 0. The minimum atomic E-state index is -0.211. The van der Waals surface area contributed by atoms with Gasteiger partial charge in [-0.25, -0.2) is 4.39 Å². The first-order valence-corrected chi connectivity index (χ1v) is 6.03. The van der Waals surface area contributed by atoms with E-state index in [-0.39, 0.29) is 5.82 Å². The zero-order chi connectivity index (χ0) is 10.1. The first-order chi connectivity index (χ1) is 6.68. The second kappa shape index (κ2) is 4.23. The molecule has 0 unspecified atom stereocenters. The van der Waals surface area contributed by atoms with E-state index in [1.165, 1.54) is 6.07 Å². The third-order valence-electron chi connectivity index (χ3n) is 2.44. The molecule has 1 aromatic carbocycles. The minimum absolute atomic E-state index is 0.211. The van der Waals surface area contributed by atoms with Gasteiger partial charge in [0.05, 0.1) is 10.7 Å². The van der Waals surface area contributed by atoms with Gasteiger partial charge in [-0.15, -0.1) is 0 Å². The quantitative estimate of drug-likeness (QED) is 0.562. The van der Waals surface area contributed by atoms with Gasteiger partial charge in [-0.05, 0) is 47.6 Å². The molecule has 0 aromatic heterocycles. The Kier molecular flexibility index (Phi) is 3.17. The number of hydrogen-bond acceptors (Lipinski definition) is 1. The fraction of sp³-hybridized carbons (Fsp3) is 0.400.